The van der Waals surface area contributed by atoms with E-state index in [1.165, 1.54) is 35.8 Å². The van der Waals surface area contributed by atoms with Crippen LogP contribution >= 0.6 is 0 Å². The number of likely N-dealkylation sites (tertiary alicyclic amines) is 1. The van der Waals surface area contributed by atoms with E-state index in [9.17, 15) is 23.6 Å². The van der Waals surface area contributed by atoms with Crippen molar-refractivity contribution in [3.05, 3.63) is 58.9 Å². The molecular formula is C23H22FN5O4. The van der Waals surface area contributed by atoms with E-state index in [1.54, 1.807) is 4.90 Å². The summed E-state index contributed by atoms with van der Waals surface area (Å²) in [5.41, 5.74) is 2.18. The third-order valence-corrected chi connectivity index (χ3v) is 6.68. The van der Waals surface area contributed by atoms with E-state index >= 15 is 0 Å². The average molecular weight is 451 g/mol. The van der Waals surface area contributed by atoms with Crippen LogP contribution in [0.4, 0.5) is 4.39 Å². The smallest absolute Gasteiger partial charge is 0.256 e. The summed E-state index contributed by atoms with van der Waals surface area (Å²) >= 11 is 0. The molecule has 2 saturated heterocycles. The molecule has 1 N–H and O–H groups in total. The van der Waals surface area contributed by atoms with Gasteiger partial charge in [0.2, 0.25) is 11.8 Å². The van der Waals surface area contributed by atoms with Crippen LogP contribution in [0.1, 0.15) is 63.4 Å². The number of amides is 4. The quantitative estimate of drug-likeness (QED) is 0.706. The predicted molar refractivity (Wildman–Crippen MR) is 112 cm³/mol. The zero-order valence-corrected chi connectivity index (χ0v) is 17.8. The molecule has 1 unspecified atom stereocenters. The summed E-state index contributed by atoms with van der Waals surface area (Å²) in [6, 6.07) is 1.94. The van der Waals surface area contributed by atoms with Crippen LogP contribution in [-0.2, 0) is 16.1 Å². The number of nitrogens with zero attached hydrogens (tertiary/aromatic N) is 4. The SMILES string of the molecule is O=C1CCC(N2Cc3c(cc(F)cc3C3CCN(C(=O)c4cncnc4)CC3)C2=O)C(=O)N1. The number of hydrogen-bond acceptors (Lipinski definition) is 6. The average Bonchev–Trinajstić information content (AvgIpc) is 3.15. The van der Waals surface area contributed by atoms with Crippen molar-refractivity contribution in [3.8, 4) is 0 Å². The maximum absolute atomic E-state index is 14.5. The molecule has 1 aromatic carbocycles. The molecule has 0 aliphatic carbocycles. The Bertz CT molecular complexity index is 1150. The Kier molecular flexibility index (Phi) is 5.35. The third kappa shape index (κ3) is 3.85. The molecule has 1 aromatic heterocycles. The summed E-state index contributed by atoms with van der Waals surface area (Å²) in [4.78, 5) is 60.5. The fraction of sp³-hybridized carbons (Fsp3) is 0.391. The van der Waals surface area contributed by atoms with E-state index in [4.69, 9.17) is 0 Å². The topological polar surface area (TPSA) is 113 Å². The van der Waals surface area contributed by atoms with Gasteiger partial charge < -0.3 is 9.80 Å². The minimum atomic E-state index is -0.744. The Hall–Kier alpha value is -3.69. The van der Waals surface area contributed by atoms with Gasteiger partial charge in [-0.25, -0.2) is 14.4 Å². The van der Waals surface area contributed by atoms with Gasteiger partial charge in [-0.15, -0.1) is 0 Å². The van der Waals surface area contributed by atoms with Crippen LogP contribution in [-0.4, -0.2) is 62.5 Å². The second-order valence-corrected chi connectivity index (χ2v) is 8.61. The summed E-state index contributed by atoms with van der Waals surface area (Å²) in [6.07, 6.45) is 6.01. The second-order valence-electron chi connectivity index (χ2n) is 8.61. The first-order valence-electron chi connectivity index (χ1n) is 10.9. The molecule has 3 aliphatic rings. The summed E-state index contributed by atoms with van der Waals surface area (Å²) in [6.45, 7) is 1.19. The zero-order valence-electron chi connectivity index (χ0n) is 17.8. The molecule has 0 saturated carbocycles. The number of aromatic nitrogens is 2. The highest BCUT2D eigenvalue weighted by Crippen LogP contribution is 2.37. The van der Waals surface area contributed by atoms with E-state index in [-0.39, 0.29) is 42.7 Å². The van der Waals surface area contributed by atoms with Gasteiger partial charge in [-0.3, -0.25) is 24.5 Å². The van der Waals surface area contributed by atoms with Crippen molar-refractivity contribution in [2.75, 3.05) is 13.1 Å². The van der Waals surface area contributed by atoms with Gasteiger partial charge in [-0.05, 0) is 48.4 Å². The fourth-order valence-corrected chi connectivity index (χ4v) is 5.00. The fourth-order valence-electron chi connectivity index (χ4n) is 5.00. The zero-order chi connectivity index (χ0) is 23.1. The number of nitrogens with one attached hydrogen (secondary N) is 1. The highest BCUT2D eigenvalue weighted by atomic mass is 19.1. The normalized spacial score (nSPS) is 21.2. The number of carbonyl (C=O) groups is 4. The van der Waals surface area contributed by atoms with Crippen LogP contribution in [0.5, 0.6) is 0 Å². The molecule has 170 valence electrons. The molecule has 10 heteroatoms. The van der Waals surface area contributed by atoms with Crippen LogP contribution in [0.15, 0.2) is 30.9 Å². The van der Waals surface area contributed by atoms with Gasteiger partial charge in [-0.2, -0.15) is 0 Å². The van der Waals surface area contributed by atoms with Crippen LogP contribution in [0.3, 0.4) is 0 Å². The number of rotatable bonds is 3. The van der Waals surface area contributed by atoms with Crippen LogP contribution in [0, 0.1) is 5.82 Å². The van der Waals surface area contributed by atoms with Gasteiger partial charge >= 0.3 is 0 Å². The van der Waals surface area contributed by atoms with E-state index in [1.807, 2.05) is 0 Å². The summed E-state index contributed by atoms with van der Waals surface area (Å²) in [5, 5.41) is 2.28. The molecule has 4 amide bonds. The Morgan fingerprint density at radius 1 is 1.06 bits per heavy atom. The molecule has 4 heterocycles. The Morgan fingerprint density at radius 3 is 2.48 bits per heavy atom. The van der Waals surface area contributed by atoms with Crippen molar-refractivity contribution in [3.63, 3.8) is 0 Å². The van der Waals surface area contributed by atoms with Crippen molar-refractivity contribution in [1.82, 2.24) is 25.1 Å². The minimum absolute atomic E-state index is 0.0139. The first-order chi connectivity index (χ1) is 15.9. The third-order valence-electron chi connectivity index (χ3n) is 6.68. The van der Waals surface area contributed by atoms with Gasteiger partial charge in [0.1, 0.15) is 18.2 Å². The number of imide groups is 1. The maximum Gasteiger partial charge on any atom is 0.256 e. The minimum Gasteiger partial charge on any atom is -0.339 e. The van der Waals surface area contributed by atoms with Gasteiger partial charge in [0.05, 0.1) is 5.56 Å². The van der Waals surface area contributed by atoms with E-state index < -0.39 is 23.7 Å². The van der Waals surface area contributed by atoms with Crippen molar-refractivity contribution < 1.29 is 23.6 Å². The second kappa shape index (κ2) is 8.34. The molecule has 0 spiro atoms. The number of piperidine rings is 2. The highest BCUT2D eigenvalue weighted by Gasteiger charge is 2.41. The molecule has 33 heavy (non-hydrogen) atoms. The first-order valence-corrected chi connectivity index (χ1v) is 10.9. The van der Waals surface area contributed by atoms with Crippen molar-refractivity contribution in [1.29, 1.82) is 0 Å². The van der Waals surface area contributed by atoms with Crippen molar-refractivity contribution in [2.24, 2.45) is 0 Å². The molecule has 1 atom stereocenters. The first kappa shape index (κ1) is 21.2. The van der Waals surface area contributed by atoms with Gasteiger partial charge in [-0.1, -0.05) is 0 Å². The predicted octanol–water partition coefficient (Wildman–Crippen LogP) is 1.40. The van der Waals surface area contributed by atoms with Crippen molar-refractivity contribution >= 4 is 23.6 Å². The lowest BCUT2D eigenvalue weighted by Gasteiger charge is -2.33. The van der Waals surface area contributed by atoms with Gasteiger partial charge in [0.15, 0.2) is 0 Å². The molecule has 2 fully saturated rings. The summed E-state index contributed by atoms with van der Waals surface area (Å²) in [5.74, 6) is -1.89. The standard InChI is InChI=1S/C23H22FN5O4/c24-15-7-16(13-3-5-28(6-4-13)22(32)14-9-25-12-26-10-14)18-11-29(23(33)17(18)8-15)19-1-2-20(30)27-21(19)31/h7-10,12-13,19H,1-6,11H2,(H,27,30,31). The van der Waals surface area contributed by atoms with Crippen LogP contribution in [0.2, 0.25) is 0 Å². The number of fused-ring (bicyclic) bond motifs is 1. The van der Waals surface area contributed by atoms with Gasteiger partial charge in [0, 0.05) is 44.0 Å². The number of benzene rings is 1. The number of hydrogen-bond donors (Lipinski definition) is 1. The molecule has 3 aliphatic heterocycles. The molecule has 0 radical (unpaired) electrons. The Morgan fingerprint density at radius 2 is 1.79 bits per heavy atom. The highest BCUT2D eigenvalue weighted by molar-refractivity contribution is 6.05. The largest absolute Gasteiger partial charge is 0.339 e. The molecule has 2 aromatic rings. The number of halogens is 1. The monoisotopic (exact) mass is 451 g/mol. The van der Waals surface area contributed by atoms with Crippen LogP contribution < -0.4 is 5.32 Å². The summed E-state index contributed by atoms with van der Waals surface area (Å²) < 4.78 is 14.5. The van der Waals surface area contributed by atoms with Crippen LogP contribution in [0.25, 0.3) is 0 Å². The van der Waals surface area contributed by atoms with E-state index in [0.717, 1.165) is 11.1 Å². The van der Waals surface area contributed by atoms with Gasteiger partial charge in [0.25, 0.3) is 11.8 Å². The Labute approximate surface area is 189 Å². The summed E-state index contributed by atoms with van der Waals surface area (Å²) in [7, 11) is 0. The lowest BCUT2D eigenvalue weighted by atomic mass is 9.85. The molecular weight excluding hydrogens is 429 g/mol. The lowest BCUT2D eigenvalue weighted by Crippen LogP contribution is -2.52. The Balaban J connectivity index is 1.34. The van der Waals surface area contributed by atoms with E-state index in [2.05, 4.69) is 15.3 Å². The van der Waals surface area contributed by atoms with E-state index in [0.29, 0.717) is 31.5 Å². The lowest BCUT2D eigenvalue weighted by molar-refractivity contribution is -0.136. The molecule has 0 bridgehead atoms. The number of carbonyl (C=O) groups excluding carboxylic acids is 4. The molecule has 5 rings (SSSR count). The van der Waals surface area contributed by atoms with Crippen molar-refractivity contribution in [2.45, 2.75) is 44.2 Å². The maximum atomic E-state index is 14.5. The molecule has 9 nitrogen and oxygen atoms in total.